The van der Waals surface area contributed by atoms with Crippen LogP contribution in [0.2, 0.25) is 0 Å². The van der Waals surface area contributed by atoms with E-state index in [4.69, 9.17) is 28.1 Å². The largest absolute Gasteiger partial charge is 0.466 e. The van der Waals surface area contributed by atoms with Crippen LogP contribution in [0.4, 0.5) is 0 Å². The third-order valence-corrected chi connectivity index (χ3v) is 4.49. The third-order valence-electron chi connectivity index (χ3n) is 4.49. The predicted molar refractivity (Wildman–Crippen MR) is 90.5 cm³/mol. The van der Waals surface area contributed by atoms with E-state index in [1.807, 2.05) is 44.2 Å². The lowest BCUT2D eigenvalue weighted by Crippen LogP contribution is -2.85. The first-order chi connectivity index (χ1) is 13.5. The summed E-state index contributed by atoms with van der Waals surface area (Å²) in [4.78, 5) is 28.5. The van der Waals surface area contributed by atoms with E-state index in [2.05, 4.69) is 4.99 Å². The van der Waals surface area contributed by atoms with Crippen molar-refractivity contribution in [2.75, 3.05) is 13.2 Å². The minimum atomic E-state index is -4.94. The molecule has 1 aliphatic heterocycles. The predicted octanol–water partition coefficient (Wildman–Crippen LogP) is -3.68. The Balaban J connectivity index is 0.000000749. The summed E-state index contributed by atoms with van der Waals surface area (Å²) in [6, 6.07) is 9.54. The number of ether oxygens (including phenoxy) is 2. The normalized spacial score (nSPS) is 23.9. The van der Waals surface area contributed by atoms with Gasteiger partial charge in [-0.2, -0.15) is 0 Å². The summed E-state index contributed by atoms with van der Waals surface area (Å²) in [6.07, 6.45) is 0. The van der Waals surface area contributed by atoms with Crippen molar-refractivity contribution in [2.45, 2.75) is 39.7 Å². The van der Waals surface area contributed by atoms with Crippen LogP contribution in [0.25, 0.3) is 0 Å². The van der Waals surface area contributed by atoms with Gasteiger partial charge in [-0.25, -0.2) is 23.6 Å². The highest BCUT2D eigenvalue weighted by Crippen LogP contribution is 2.37. The average molecular weight is 432 g/mol. The number of esters is 2. The summed E-state index contributed by atoms with van der Waals surface area (Å²) < 4.78 is 44.5. The van der Waals surface area contributed by atoms with Crippen LogP contribution < -0.4 is 23.6 Å². The lowest BCUT2D eigenvalue weighted by molar-refractivity contribution is -2.00. The van der Waals surface area contributed by atoms with Gasteiger partial charge in [0.25, 0.3) is 0 Å². The second-order valence-electron chi connectivity index (χ2n) is 6.44. The van der Waals surface area contributed by atoms with Gasteiger partial charge >= 0.3 is 11.9 Å². The third kappa shape index (κ3) is 7.71. The van der Waals surface area contributed by atoms with Crippen LogP contribution in [0.1, 0.15) is 39.2 Å². The van der Waals surface area contributed by atoms with Crippen LogP contribution in [0.3, 0.4) is 0 Å². The molecule has 1 aromatic rings. The first kappa shape index (κ1) is 25.0. The zero-order chi connectivity index (χ0) is 22.2. The molecule has 1 aliphatic rings. The molecule has 0 radical (unpaired) electrons. The topological polar surface area (TPSA) is 159 Å². The van der Waals surface area contributed by atoms with Crippen LogP contribution in [0.5, 0.6) is 0 Å². The molecule has 0 saturated carbocycles. The van der Waals surface area contributed by atoms with Gasteiger partial charge in [0.05, 0.1) is 13.2 Å². The number of rotatable bonds is 5. The Bertz CT molecular complexity index is 698. The van der Waals surface area contributed by atoms with Gasteiger partial charge in [-0.3, -0.25) is 9.59 Å². The molecule has 0 spiro atoms. The van der Waals surface area contributed by atoms with Crippen molar-refractivity contribution in [3.63, 3.8) is 0 Å². The molecule has 2 rings (SSSR count). The van der Waals surface area contributed by atoms with Crippen molar-refractivity contribution in [3.8, 4) is 0 Å². The number of carbonyl (C=O) groups is 2. The van der Waals surface area contributed by atoms with Crippen LogP contribution >= 0.6 is 0 Å². The summed E-state index contributed by atoms with van der Waals surface area (Å²) in [6.45, 7) is 8.03. The van der Waals surface area contributed by atoms with E-state index >= 15 is 0 Å². The minimum absolute atomic E-state index is 0.125. The Hall–Kier alpha value is -2.04. The van der Waals surface area contributed by atoms with Gasteiger partial charge in [0.15, 0.2) is 11.8 Å². The highest BCUT2D eigenvalue weighted by atomic mass is 35.7. The summed E-state index contributed by atoms with van der Waals surface area (Å²) in [5.74, 6) is -1.87. The average Bonchev–Trinajstić information content (AvgIpc) is 2.60. The zero-order valence-electron chi connectivity index (χ0n) is 16.8. The molecule has 0 bridgehead atoms. The van der Waals surface area contributed by atoms with E-state index in [0.717, 1.165) is 11.3 Å². The molecule has 4 atom stereocenters. The quantitative estimate of drug-likeness (QED) is 0.466. The zero-order valence-corrected chi connectivity index (χ0v) is 17.5. The molecule has 9 nitrogen and oxygen atoms in total. The van der Waals surface area contributed by atoms with Crippen molar-refractivity contribution in [2.24, 2.45) is 11.8 Å². The van der Waals surface area contributed by atoms with E-state index in [-0.39, 0.29) is 23.9 Å². The Morgan fingerprint density at radius 1 is 1.00 bits per heavy atom. The Labute approximate surface area is 171 Å². The second-order valence-corrected chi connectivity index (χ2v) is 7.19. The molecule has 0 saturated heterocycles. The van der Waals surface area contributed by atoms with Gasteiger partial charge in [0.2, 0.25) is 0 Å². The van der Waals surface area contributed by atoms with Crippen molar-refractivity contribution >= 4 is 17.7 Å². The Kier molecular flexibility index (Phi) is 9.67. The summed E-state index contributed by atoms with van der Waals surface area (Å²) in [5.41, 5.74) is 1.77. The molecule has 0 amide bonds. The van der Waals surface area contributed by atoms with Crippen molar-refractivity contribution in [1.29, 1.82) is 0 Å². The molecule has 0 aliphatic carbocycles. The first-order valence-corrected chi connectivity index (χ1v) is 10.3. The number of hydrogen-bond acceptors (Lipinski definition) is 8. The summed E-state index contributed by atoms with van der Waals surface area (Å²) in [5, 5.41) is 0. The fourth-order valence-electron chi connectivity index (χ4n) is 3.55. The molecular formula is C19H26ClNO8. The number of nitrogens with one attached hydrogen (secondary N) is 1. The maximum Gasteiger partial charge on any atom is 0.319 e. The summed E-state index contributed by atoms with van der Waals surface area (Å²) in [7, 11) is -4.94. The SMILES string of the molecule is CCOC(=O)C1C(C)=[NH+]C(C)C(C(=O)OCC)C1c1ccccc1.[O-][Cl+3]([O-])([O-])[O-]. The van der Waals surface area contributed by atoms with Crippen LogP contribution in [0, 0.1) is 22.1 Å². The molecular weight excluding hydrogens is 406 g/mol. The molecule has 1 heterocycles. The van der Waals surface area contributed by atoms with E-state index in [1.165, 1.54) is 0 Å². The van der Waals surface area contributed by atoms with E-state index in [9.17, 15) is 9.59 Å². The Morgan fingerprint density at radius 2 is 1.48 bits per heavy atom. The van der Waals surface area contributed by atoms with Crippen molar-refractivity contribution in [3.05, 3.63) is 35.9 Å². The van der Waals surface area contributed by atoms with E-state index < -0.39 is 22.1 Å². The first-order valence-electron chi connectivity index (χ1n) is 9.11. The maximum atomic E-state index is 12.6. The lowest BCUT2D eigenvalue weighted by atomic mass is 9.70. The smallest absolute Gasteiger partial charge is 0.319 e. The maximum absolute atomic E-state index is 12.6. The van der Waals surface area contributed by atoms with Gasteiger partial charge < -0.3 is 9.47 Å². The molecule has 162 valence electrons. The standard InChI is InChI=1S/C19H25NO4.ClHO4/c1-5-23-18(21)15-12(3)20-13(4)16(19(22)24-6-2)17(15)14-10-8-7-9-11-14;2-1(3,4)5/h7-12,15-17H,5-6H2,1-4H3;(H,2,3,4,5). The molecule has 29 heavy (non-hydrogen) atoms. The number of carbonyl (C=O) groups excluding carboxylic acids is 2. The summed E-state index contributed by atoms with van der Waals surface area (Å²) >= 11 is 0. The molecule has 0 aromatic heterocycles. The highest BCUT2D eigenvalue weighted by Gasteiger charge is 2.51. The second kappa shape index (κ2) is 11.2. The van der Waals surface area contributed by atoms with E-state index in [1.54, 1.807) is 13.8 Å². The minimum Gasteiger partial charge on any atom is -0.466 e. The highest BCUT2D eigenvalue weighted by molar-refractivity contribution is 6.00. The van der Waals surface area contributed by atoms with Gasteiger partial charge in [-0.05, 0) is 26.3 Å². The van der Waals surface area contributed by atoms with Crippen molar-refractivity contribution < 1.29 is 52.9 Å². The molecule has 1 N–H and O–H groups in total. The van der Waals surface area contributed by atoms with Crippen molar-refractivity contribution in [1.82, 2.24) is 0 Å². The van der Waals surface area contributed by atoms with Gasteiger partial charge in [0.1, 0.15) is 11.8 Å². The molecule has 4 unspecified atom stereocenters. The number of hydrogen-bond donors (Lipinski definition) is 1. The molecule has 0 fully saturated rings. The fourth-order valence-corrected chi connectivity index (χ4v) is 3.55. The van der Waals surface area contributed by atoms with Gasteiger partial charge in [0, 0.05) is 12.8 Å². The number of benzene rings is 1. The van der Waals surface area contributed by atoms with Crippen LogP contribution in [0.15, 0.2) is 30.3 Å². The monoisotopic (exact) mass is 431 g/mol. The van der Waals surface area contributed by atoms with Crippen LogP contribution in [-0.2, 0) is 19.1 Å². The lowest BCUT2D eigenvalue weighted by Gasteiger charge is -2.34. The number of halogens is 1. The molecule has 1 aromatic carbocycles. The van der Waals surface area contributed by atoms with E-state index in [0.29, 0.717) is 13.2 Å². The van der Waals surface area contributed by atoms with Gasteiger partial charge in [-0.15, -0.1) is 10.2 Å². The van der Waals surface area contributed by atoms with Crippen LogP contribution in [-0.4, -0.2) is 36.9 Å². The Morgan fingerprint density at radius 3 is 1.97 bits per heavy atom. The molecule has 10 heteroatoms. The fraction of sp³-hybridized carbons (Fsp3) is 0.526. The van der Waals surface area contributed by atoms with Gasteiger partial charge in [-0.1, -0.05) is 30.3 Å².